The minimum atomic E-state index is -3.57. The molecule has 2 heterocycles. The van der Waals surface area contributed by atoms with Crippen molar-refractivity contribution in [2.24, 2.45) is 5.92 Å². The minimum Gasteiger partial charge on any atom is -0.379 e. The normalized spacial score (nSPS) is 21.0. The maximum Gasteiger partial charge on any atom is 0.279 e. The molecule has 2 fully saturated rings. The Labute approximate surface area is 194 Å². The lowest BCUT2D eigenvalue weighted by Crippen LogP contribution is -2.46. The van der Waals surface area contributed by atoms with Crippen molar-refractivity contribution in [1.29, 1.82) is 0 Å². The number of imidazole rings is 1. The van der Waals surface area contributed by atoms with Crippen molar-refractivity contribution < 1.29 is 21.9 Å². The molecule has 1 aliphatic heterocycles. The van der Waals surface area contributed by atoms with E-state index >= 15 is 0 Å². The van der Waals surface area contributed by atoms with Crippen LogP contribution in [0.5, 0.6) is 0 Å². The lowest BCUT2D eigenvalue weighted by atomic mass is 9.86. The van der Waals surface area contributed by atoms with E-state index in [2.05, 4.69) is 30.1 Å². The number of nitrogens with zero attached hydrogens (tertiary/aromatic N) is 3. The molecule has 184 valence electrons. The Balaban J connectivity index is 1.54. The first-order valence-corrected chi connectivity index (χ1v) is 13.1. The highest BCUT2D eigenvalue weighted by molar-refractivity contribution is 7.87. The SMILES string of the molecule is CC(C)(C)c1nc2cc(CNS(=O)(=O)N3CCOCC3)ccc2n1CC1CCC(F)(F)CC1. The van der Waals surface area contributed by atoms with E-state index in [-0.39, 0.29) is 30.7 Å². The Morgan fingerprint density at radius 1 is 1.18 bits per heavy atom. The number of alkyl halides is 2. The number of nitrogens with one attached hydrogen (secondary N) is 1. The Bertz CT molecular complexity index is 1080. The van der Waals surface area contributed by atoms with E-state index in [1.807, 2.05) is 18.2 Å². The molecule has 1 aromatic carbocycles. The second-order valence-electron chi connectivity index (χ2n) is 10.3. The average molecular weight is 485 g/mol. The van der Waals surface area contributed by atoms with Crippen LogP contribution in [0.15, 0.2) is 18.2 Å². The summed E-state index contributed by atoms with van der Waals surface area (Å²) in [4.78, 5) is 4.88. The molecule has 0 spiro atoms. The van der Waals surface area contributed by atoms with Gasteiger partial charge in [0.05, 0.1) is 24.2 Å². The number of benzene rings is 1. The smallest absolute Gasteiger partial charge is 0.279 e. The third-order valence-electron chi connectivity index (χ3n) is 6.53. The van der Waals surface area contributed by atoms with Crippen LogP contribution < -0.4 is 4.72 Å². The number of hydrogen-bond acceptors (Lipinski definition) is 4. The number of fused-ring (bicyclic) bond motifs is 1. The third-order valence-corrected chi connectivity index (χ3v) is 8.08. The predicted molar refractivity (Wildman–Crippen MR) is 123 cm³/mol. The van der Waals surface area contributed by atoms with E-state index in [9.17, 15) is 17.2 Å². The van der Waals surface area contributed by atoms with Crippen LogP contribution in [-0.2, 0) is 33.5 Å². The fourth-order valence-electron chi connectivity index (χ4n) is 4.64. The highest BCUT2D eigenvalue weighted by Crippen LogP contribution is 2.38. The van der Waals surface area contributed by atoms with Crippen LogP contribution in [0.25, 0.3) is 11.0 Å². The van der Waals surface area contributed by atoms with E-state index in [1.54, 1.807) is 0 Å². The summed E-state index contributed by atoms with van der Waals surface area (Å²) < 4.78 is 63.8. The van der Waals surface area contributed by atoms with Crippen LogP contribution in [-0.4, -0.2) is 54.5 Å². The highest BCUT2D eigenvalue weighted by atomic mass is 32.2. The van der Waals surface area contributed by atoms with E-state index in [1.165, 1.54) is 4.31 Å². The lowest BCUT2D eigenvalue weighted by molar-refractivity contribution is -0.0473. The van der Waals surface area contributed by atoms with Crippen LogP contribution in [0, 0.1) is 5.92 Å². The van der Waals surface area contributed by atoms with Crippen LogP contribution in [0.1, 0.15) is 57.8 Å². The van der Waals surface area contributed by atoms with Gasteiger partial charge in [0.2, 0.25) is 5.92 Å². The van der Waals surface area contributed by atoms with Gasteiger partial charge in [-0.1, -0.05) is 26.8 Å². The highest BCUT2D eigenvalue weighted by Gasteiger charge is 2.35. The molecule has 0 radical (unpaired) electrons. The molecule has 1 saturated carbocycles. The first-order chi connectivity index (χ1) is 15.4. The van der Waals surface area contributed by atoms with Crippen LogP contribution in [0.4, 0.5) is 8.78 Å². The van der Waals surface area contributed by atoms with Gasteiger partial charge >= 0.3 is 0 Å². The van der Waals surface area contributed by atoms with Crippen LogP contribution in [0.2, 0.25) is 0 Å². The molecule has 0 unspecified atom stereocenters. The summed E-state index contributed by atoms with van der Waals surface area (Å²) in [6, 6.07) is 5.79. The molecule has 0 amide bonds. The van der Waals surface area contributed by atoms with Crippen molar-refractivity contribution in [2.45, 2.75) is 70.9 Å². The molecule has 33 heavy (non-hydrogen) atoms. The van der Waals surface area contributed by atoms with Gasteiger partial charge in [0.1, 0.15) is 5.82 Å². The fourth-order valence-corrected chi connectivity index (χ4v) is 5.80. The van der Waals surface area contributed by atoms with Gasteiger partial charge in [-0.15, -0.1) is 0 Å². The Morgan fingerprint density at radius 2 is 1.85 bits per heavy atom. The van der Waals surface area contributed by atoms with Gasteiger partial charge < -0.3 is 9.30 Å². The summed E-state index contributed by atoms with van der Waals surface area (Å²) in [5, 5.41) is 0. The third kappa shape index (κ3) is 5.72. The summed E-state index contributed by atoms with van der Waals surface area (Å²) in [5.41, 5.74) is 2.36. The monoisotopic (exact) mass is 484 g/mol. The zero-order valence-corrected chi connectivity index (χ0v) is 20.4. The van der Waals surface area contributed by atoms with E-state index in [4.69, 9.17) is 9.72 Å². The van der Waals surface area contributed by atoms with Gasteiger partial charge in [0, 0.05) is 44.4 Å². The predicted octanol–water partition coefficient (Wildman–Crippen LogP) is 3.83. The van der Waals surface area contributed by atoms with Crippen molar-refractivity contribution in [3.63, 3.8) is 0 Å². The van der Waals surface area contributed by atoms with Gasteiger partial charge in [-0.3, -0.25) is 0 Å². The van der Waals surface area contributed by atoms with Crippen molar-refractivity contribution in [1.82, 2.24) is 18.6 Å². The molecular weight excluding hydrogens is 450 g/mol. The minimum absolute atomic E-state index is 0.0530. The largest absolute Gasteiger partial charge is 0.379 e. The number of rotatable bonds is 6. The van der Waals surface area contributed by atoms with Gasteiger partial charge in [0.25, 0.3) is 10.2 Å². The summed E-state index contributed by atoms with van der Waals surface area (Å²) in [5.74, 6) is -1.42. The first-order valence-electron chi connectivity index (χ1n) is 11.6. The molecule has 10 heteroatoms. The Hall–Kier alpha value is -1.62. The van der Waals surface area contributed by atoms with Gasteiger partial charge in [0.15, 0.2) is 0 Å². The van der Waals surface area contributed by atoms with E-state index < -0.39 is 16.1 Å². The summed E-state index contributed by atoms with van der Waals surface area (Å²) in [6.07, 6.45) is 0.917. The summed E-state index contributed by atoms with van der Waals surface area (Å²) in [6.45, 7) is 8.62. The molecule has 2 aliphatic rings. The molecule has 0 atom stereocenters. The topological polar surface area (TPSA) is 76.5 Å². The number of morpholine rings is 1. The molecule has 0 bridgehead atoms. The molecular formula is C23H34F2N4O3S. The lowest BCUT2D eigenvalue weighted by Gasteiger charge is -2.30. The molecule has 4 rings (SSSR count). The van der Waals surface area contributed by atoms with Gasteiger partial charge in [-0.05, 0) is 36.5 Å². The number of halogens is 2. The molecule has 1 aromatic heterocycles. The molecule has 7 nitrogen and oxygen atoms in total. The second kappa shape index (κ2) is 9.20. The zero-order valence-electron chi connectivity index (χ0n) is 19.6. The second-order valence-corrected chi connectivity index (χ2v) is 12.0. The molecule has 1 saturated heterocycles. The fraction of sp³-hybridized carbons (Fsp3) is 0.696. The zero-order chi connectivity index (χ0) is 23.9. The average Bonchev–Trinajstić information content (AvgIpc) is 3.13. The maximum atomic E-state index is 13.6. The van der Waals surface area contributed by atoms with Crippen molar-refractivity contribution in [3.8, 4) is 0 Å². The van der Waals surface area contributed by atoms with Crippen molar-refractivity contribution in [2.75, 3.05) is 26.3 Å². The van der Waals surface area contributed by atoms with Crippen LogP contribution in [0.3, 0.4) is 0 Å². The molecule has 2 aromatic rings. The Morgan fingerprint density at radius 3 is 2.48 bits per heavy atom. The van der Waals surface area contributed by atoms with Gasteiger partial charge in [-0.2, -0.15) is 17.4 Å². The van der Waals surface area contributed by atoms with Crippen molar-refractivity contribution in [3.05, 3.63) is 29.6 Å². The Kier molecular flexibility index (Phi) is 6.83. The first kappa shape index (κ1) is 24.5. The standard InChI is InChI=1S/C23H34F2N4O3S/c1-22(2,3)21-27-19-14-18(15-26-33(30,31)28-10-12-32-13-11-28)4-5-20(19)29(21)16-17-6-8-23(24,25)9-7-17/h4-5,14,17,26H,6-13,15-16H2,1-3H3. The van der Waals surface area contributed by atoms with E-state index in [0.717, 1.165) is 22.4 Å². The number of hydrogen-bond donors (Lipinski definition) is 1. The summed E-state index contributed by atoms with van der Waals surface area (Å²) >= 11 is 0. The number of aromatic nitrogens is 2. The maximum absolute atomic E-state index is 13.6. The molecule has 1 aliphatic carbocycles. The summed E-state index contributed by atoms with van der Waals surface area (Å²) in [7, 11) is -3.57. The number of ether oxygens (including phenoxy) is 1. The van der Waals surface area contributed by atoms with Crippen molar-refractivity contribution >= 4 is 21.2 Å². The molecule has 1 N–H and O–H groups in total. The van der Waals surface area contributed by atoms with Gasteiger partial charge in [-0.25, -0.2) is 13.8 Å². The quantitative estimate of drug-likeness (QED) is 0.676. The van der Waals surface area contributed by atoms with Crippen LogP contribution >= 0.6 is 0 Å². The van der Waals surface area contributed by atoms with E-state index in [0.29, 0.717) is 45.7 Å².